The molecular weight excluding hydrogens is 368 g/mol. The molecular formula is C19H27ClN4O3. The van der Waals surface area contributed by atoms with Crippen LogP contribution in [-0.2, 0) is 16.0 Å². The molecule has 2 heterocycles. The third-order valence-corrected chi connectivity index (χ3v) is 5.13. The third kappa shape index (κ3) is 4.59. The van der Waals surface area contributed by atoms with Crippen molar-refractivity contribution in [2.75, 3.05) is 37.6 Å². The number of anilines is 1. The van der Waals surface area contributed by atoms with Crippen LogP contribution in [0.15, 0.2) is 18.2 Å². The highest BCUT2D eigenvalue weighted by atomic mass is 35.5. The summed E-state index contributed by atoms with van der Waals surface area (Å²) in [7, 11) is 0. The van der Waals surface area contributed by atoms with E-state index in [-0.39, 0.29) is 36.0 Å². The molecule has 0 aromatic heterocycles. The number of piperidine rings is 1. The summed E-state index contributed by atoms with van der Waals surface area (Å²) in [6.07, 6.45) is 2.37. The van der Waals surface area contributed by atoms with Crippen molar-refractivity contribution < 1.29 is 14.4 Å². The summed E-state index contributed by atoms with van der Waals surface area (Å²) in [5.74, 6) is -0.239. The number of nitrogens with zero attached hydrogens (tertiary/aromatic N) is 2. The van der Waals surface area contributed by atoms with Gasteiger partial charge in [-0.2, -0.15) is 0 Å². The number of rotatable bonds is 4. The van der Waals surface area contributed by atoms with Gasteiger partial charge < -0.3 is 20.9 Å². The van der Waals surface area contributed by atoms with E-state index in [4.69, 9.17) is 5.73 Å². The number of amides is 3. The van der Waals surface area contributed by atoms with Crippen LogP contribution in [0.1, 0.15) is 35.7 Å². The molecule has 2 aliphatic rings. The lowest BCUT2D eigenvalue weighted by molar-refractivity contribution is -0.126. The molecule has 148 valence electrons. The minimum atomic E-state index is -0.179. The smallest absolute Gasteiger partial charge is 0.253 e. The Morgan fingerprint density at radius 3 is 2.74 bits per heavy atom. The Morgan fingerprint density at radius 1 is 1.26 bits per heavy atom. The van der Waals surface area contributed by atoms with Gasteiger partial charge in [-0.25, -0.2) is 0 Å². The van der Waals surface area contributed by atoms with Crippen LogP contribution < -0.4 is 16.0 Å². The third-order valence-electron chi connectivity index (χ3n) is 5.13. The zero-order chi connectivity index (χ0) is 18.7. The van der Waals surface area contributed by atoms with E-state index in [9.17, 15) is 14.4 Å². The van der Waals surface area contributed by atoms with Crippen LogP contribution in [0.3, 0.4) is 0 Å². The molecule has 3 amide bonds. The van der Waals surface area contributed by atoms with Crippen LogP contribution >= 0.6 is 12.4 Å². The van der Waals surface area contributed by atoms with Crippen LogP contribution in [0.25, 0.3) is 0 Å². The highest BCUT2D eigenvalue weighted by Crippen LogP contribution is 2.29. The van der Waals surface area contributed by atoms with Crippen LogP contribution in [0.2, 0.25) is 0 Å². The Bertz CT molecular complexity index is 725. The molecule has 0 saturated carbocycles. The van der Waals surface area contributed by atoms with Crippen molar-refractivity contribution in [2.45, 2.75) is 26.2 Å². The van der Waals surface area contributed by atoms with Gasteiger partial charge in [0.2, 0.25) is 11.8 Å². The summed E-state index contributed by atoms with van der Waals surface area (Å²) in [6.45, 7) is 4.18. The second-order valence-electron chi connectivity index (χ2n) is 6.93. The van der Waals surface area contributed by atoms with Gasteiger partial charge in [0, 0.05) is 50.9 Å². The predicted molar refractivity (Wildman–Crippen MR) is 106 cm³/mol. The first-order valence-corrected chi connectivity index (χ1v) is 9.19. The molecule has 0 aliphatic carbocycles. The largest absolute Gasteiger partial charge is 0.355 e. The van der Waals surface area contributed by atoms with Crippen molar-refractivity contribution in [1.82, 2.24) is 10.2 Å². The number of nitrogens with two attached hydrogens (primary N) is 1. The molecule has 0 radical (unpaired) electrons. The number of halogens is 1. The fourth-order valence-corrected chi connectivity index (χ4v) is 3.76. The van der Waals surface area contributed by atoms with E-state index in [0.29, 0.717) is 38.3 Å². The molecule has 27 heavy (non-hydrogen) atoms. The molecule has 1 saturated heterocycles. The number of likely N-dealkylation sites (tertiary alicyclic amines) is 1. The number of carbonyl (C=O) groups excluding carboxylic acids is 3. The second kappa shape index (κ2) is 9.19. The Labute approximate surface area is 165 Å². The first-order valence-electron chi connectivity index (χ1n) is 9.19. The van der Waals surface area contributed by atoms with E-state index in [0.717, 1.165) is 30.5 Å². The van der Waals surface area contributed by atoms with E-state index in [1.54, 1.807) is 22.8 Å². The Balaban J connectivity index is 0.00000261. The lowest BCUT2D eigenvalue weighted by atomic mass is 9.96. The van der Waals surface area contributed by atoms with Gasteiger partial charge in [0.25, 0.3) is 5.91 Å². The molecule has 0 bridgehead atoms. The normalized spacial score (nSPS) is 18.5. The van der Waals surface area contributed by atoms with E-state index in [1.807, 2.05) is 12.1 Å². The summed E-state index contributed by atoms with van der Waals surface area (Å²) in [5.41, 5.74) is 7.97. The maximum absolute atomic E-state index is 12.9. The maximum Gasteiger partial charge on any atom is 0.253 e. The van der Waals surface area contributed by atoms with Crippen molar-refractivity contribution in [1.29, 1.82) is 0 Å². The topological polar surface area (TPSA) is 95.7 Å². The van der Waals surface area contributed by atoms with Gasteiger partial charge in [0.15, 0.2) is 0 Å². The predicted octanol–water partition coefficient (Wildman–Crippen LogP) is 0.945. The van der Waals surface area contributed by atoms with E-state index in [1.165, 1.54) is 0 Å². The van der Waals surface area contributed by atoms with Gasteiger partial charge in [-0.05, 0) is 43.0 Å². The molecule has 8 heteroatoms. The minimum absolute atomic E-state index is 0. The standard InChI is InChI=1S/C19H26N4O3.ClH/c1-13(24)23-10-6-14-11-15(4-5-17(14)23)19(26)22-9-2-3-16(12-22)18(25)21-8-7-20;/h4-5,11,16H,2-3,6-10,12,20H2,1H3,(H,21,25);1H. The highest BCUT2D eigenvalue weighted by molar-refractivity contribution is 5.98. The first-order chi connectivity index (χ1) is 12.5. The van der Waals surface area contributed by atoms with Crippen molar-refractivity contribution in [3.63, 3.8) is 0 Å². The Hall–Kier alpha value is -2.12. The molecule has 3 N–H and O–H groups in total. The van der Waals surface area contributed by atoms with E-state index < -0.39 is 0 Å². The summed E-state index contributed by atoms with van der Waals surface area (Å²) in [4.78, 5) is 40.2. The zero-order valence-electron chi connectivity index (χ0n) is 15.6. The van der Waals surface area contributed by atoms with Crippen LogP contribution in [0.4, 0.5) is 5.69 Å². The number of nitrogens with one attached hydrogen (secondary N) is 1. The molecule has 1 aromatic rings. The molecule has 1 unspecified atom stereocenters. The molecule has 1 aromatic carbocycles. The van der Waals surface area contributed by atoms with Gasteiger partial charge in [0.1, 0.15) is 0 Å². The molecule has 1 atom stereocenters. The number of hydrogen-bond donors (Lipinski definition) is 2. The number of hydrogen-bond acceptors (Lipinski definition) is 4. The molecule has 3 rings (SSSR count). The average molecular weight is 395 g/mol. The van der Waals surface area contributed by atoms with E-state index in [2.05, 4.69) is 5.32 Å². The summed E-state index contributed by atoms with van der Waals surface area (Å²) in [6, 6.07) is 5.52. The minimum Gasteiger partial charge on any atom is -0.355 e. The number of fused-ring (bicyclic) bond motifs is 1. The average Bonchev–Trinajstić information content (AvgIpc) is 3.09. The SMILES string of the molecule is CC(=O)N1CCc2cc(C(=O)N3CCCC(C(=O)NCCN)C3)ccc21.Cl. The number of carbonyl (C=O) groups is 3. The number of benzene rings is 1. The lowest BCUT2D eigenvalue weighted by Crippen LogP contribution is -2.46. The molecule has 2 aliphatic heterocycles. The molecule has 7 nitrogen and oxygen atoms in total. The van der Waals surface area contributed by atoms with Crippen molar-refractivity contribution in [2.24, 2.45) is 11.7 Å². The summed E-state index contributed by atoms with van der Waals surface area (Å²) < 4.78 is 0. The van der Waals surface area contributed by atoms with Gasteiger partial charge in [-0.3, -0.25) is 14.4 Å². The quantitative estimate of drug-likeness (QED) is 0.794. The van der Waals surface area contributed by atoms with Crippen LogP contribution in [0, 0.1) is 5.92 Å². The van der Waals surface area contributed by atoms with Crippen LogP contribution in [-0.4, -0.2) is 55.3 Å². The zero-order valence-corrected chi connectivity index (χ0v) is 16.4. The van der Waals surface area contributed by atoms with Gasteiger partial charge in [-0.1, -0.05) is 0 Å². The maximum atomic E-state index is 12.9. The van der Waals surface area contributed by atoms with Gasteiger partial charge >= 0.3 is 0 Å². The van der Waals surface area contributed by atoms with Crippen molar-refractivity contribution in [3.05, 3.63) is 29.3 Å². The van der Waals surface area contributed by atoms with Gasteiger partial charge in [-0.15, -0.1) is 12.4 Å². The fraction of sp³-hybridized carbons (Fsp3) is 0.526. The fourth-order valence-electron chi connectivity index (χ4n) is 3.76. The second-order valence-corrected chi connectivity index (χ2v) is 6.93. The monoisotopic (exact) mass is 394 g/mol. The first kappa shape index (κ1) is 21.2. The van der Waals surface area contributed by atoms with Crippen molar-refractivity contribution >= 4 is 35.8 Å². The lowest BCUT2D eigenvalue weighted by Gasteiger charge is -2.32. The van der Waals surface area contributed by atoms with Crippen LogP contribution in [0.5, 0.6) is 0 Å². The summed E-state index contributed by atoms with van der Waals surface area (Å²) in [5, 5.41) is 2.81. The van der Waals surface area contributed by atoms with Crippen molar-refractivity contribution in [3.8, 4) is 0 Å². The van der Waals surface area contributed by atoms with E-state index >= 15 is 0 Å². The Morgan fingerprint density at radius 2 is 2.04 bits per heavy atom. The molecule has 0 spiro atoms. The molecule has 1 fully saturated rings. The highest BCUT2D eigenvalue weighted by Gasteiger charge is 2.30. The Kier molecular flexibility index (Phi) is 7.21. The van der Waals surface area contributed by atoms with Gasteiger partial charge in [0.05, 0.1) is 5.92 Å². The summed E-state index contributed by atoms with van der Waals surface area (Å²) >= 11 is 0.